The summed E-state index contributed by atoms with van der Waals surface area (Å²) < 4.78 is 11.3. The van der Waals surface area contributed by atoms with E-state index in [0.717, 1.165) is 5.56 Å². The monoisotopic (exact) mass is 387 g/mol. The molecule has 0 saturated carbocycles. The molecule has 1 aliphatic heterocycles. The molecule has 1 fully saturated rings. The molecule has 0 atom stereocenters. The number of ether oxygens (including phenoxy) is 2. The summed E-state index contributed by atoms with van der Waals surface area (Å²) in [7, 11) is 1.57. The number of thiocarbonyl (C=S) groups is 1. The Bertz CT molecular complexity index is 895. The van der Waals surface area contributed by atoms with Crippen LogP contribution in [-0.2, 0) is 4.79 Å². The second-order valence-corrected chi connectivity index (χ2v) is 7.06. The summed E-state index contributed by atoms with van der Waals surface area (Å²) in [4.78, 5) is 14.7. The van der Waals surface area contributed by atoms with Gasteiger partial charge in [0.05, 0.1) is 24.3 Å². The molecule has 1 saturated heterocycles. The lowest BCUT2D eigenvalue weighted by molar-refractivity contribution is -0.113. The van der Waals surface area contributed by atoms with Gasteiger partial charge in [-0.05, 0) is 42.8 Å². The molecule has 0 spiro atoms. The summed E-state index contributed by atoms with van der Waals surface area (Å²) in [5, 5.41) is 9.65. The Labute approximate surface area is 161 Å². The van der Waals surface area contributed by atoms with Gasteiger partial charge in [0, 0.05) is 6.07 Å². The first-order chi connectivity index (χ1) is 12.5. The van der Waals surface area contributed by atoms with Gasteiger partial charge in [-0.3, -0.25) is 9.69 Å². The van der Waals surface area contributed by atoms with E-state index in [1.54, 1.807) is 31.4 Å². The zero-order chi connectivity index (χ0) is 18.7. The van der Waals surface area contributed by atoms with Crippen LogP contribution in [0.1, 0.15) is 12.5 Å². The van der Waals surface area contributed by atoms with Crippen molar-refractivity contribution in [3.63, 3.8) is 0 Å². The molecule has 0 aliphatic carbocycles. The average molecular weight is 387 g/mol. The second-order valence-electron chi connectivity index (χ2n) is 5.38. The Morgan fingerprint density at radius 3 is 2.73 bits per heavy atom. The molecule has 0 radical (unpaired) electrons. The number of amides is 1. The maximum atomic E-state index is 12.8. The molecular formula is C19H17NO4S2. The fourth-order valence-corrected chi connectivity index (χ4v) is 3.82. The third-order valence-electron chi connectivity index (χ3n) is 3.67. The number of rotatable bonds is 5. The molecule has 2 aromatic rings. The number of hydrogen-bond donors (Lipinski definition) is 1. The maximum absolute atomic E-state index is 12.8. The minimum Gasteiger partial charge on any atom is -0.508 e. The van der Waals surface area contributed by atoms with E-state index in [9.17, 15) is 9.90 Å². The number of thioether (sulfide) groups is 1. The van der Waals surface area contributed by atoms with Crippen LogP contribution in [0.4, 0.5) is 5.69 Å². The van der Waals surface area contributed by atoms with Gasteiger partial charge in [-0.15, -0.1) is 0 Å². The van der Waals surface area contributed by atoms with Gasteiger partial charge in [-0.1, -0.05) is 36.1 Å². The number of nitrogens with zero attached hydrogens (tertiary/aromatic N) is 1. The maximum Gasteiger partial charge on any atom is 0.270 e. The molecule has 26 heavy (non-hydrogen) atoms. The van der Waals surface area contributed by atoms with E-state index < -0.39 is 0 Å². The predicted octanol–water partition coefficient (Wildman–Crippen LogP) is 4.21. The minimum absolute atomic E-state index is 0.0804. The Hall–Kier alpha value is -2.51. The van der Waals surface area contributed by atoms with Crippen LogP contribution in [-0.4, -0.2) is 29.1 Å². The van der Waals surface area contributed by atoms with E-state index in [4.69, 9.17) is 21.7 Å². The summed E-state index contributed by atoms with van der Waals surface area (Å²) in [6.07, 6.45) is 1.76. The van der Waals surface area contributed by atoms with Gasteiger partial charge in [-0.2, -0.15) is 0 Å². The van der Waals surface area contributed by atoms with Crippen LogP contribution in [0.3, 0.4) is 0 Å². The van der Waals surface area contributed by atoms with Crippen molar-refractivity contribution >= 4 is 46.0 Å². The van der Waals surface area contributed by atoms with Crippen molar-refractivity contribution in [1.29, 1.82) is 0 Å². The number of hydrogen-bond acceptors (Lipinski definition) is 6. The van der Waals surface area contributed by atoms with Crippen LogP contribution in [0.25, 0.3) is 6.08 Å². The highest BCUT2D eigenvalue weighted by atomic mass is 32.2. The minimum atomic E-state index is -0.224. The van der Waals surface area contributed by atoms with Crippen molar-refractivity contribution in [2.75, 3.05) is 18.6 Å². The number of methoxy groups -OCH3 is 1. The number of phenolic OH excluding ortho intramolecular Hbond substituents is 1. The third kappa shape index (κ3) is 3.68. The Morgan fingerprint density at radius 1 is 1.23 bits per heavy atom. The van der Waals surface area contributed by atoms with Gasteiger partial charge in [0.15, 0.2) is 15.8 Å². The van der Waals surface area contributed by atoms with Gasteiger partial charge < -0.3 is 14.6 Å². The summed E-state index contributed by atoms with van der Waals surface area (Å²) >= 11 is 6.56. The lowest BCUT2D eigenvalue weighted by Gasteiger charge is -2.14. The molecular weight excluding hydrogens is 370 g/mol. The molecule has 1 N–H and O–H groups in total. The Morgan fingerprint density at radius 2 is 2.04 bits per heavy atom. The lowest BCUT2D eigenvalue weighted by atomic mass is 10.2. The Balaban J connectivity index is 1.90. The van der Waals surface area contributed by atoms with Crippen LogP contribution >= 0.6 is 24.0 Å². The van der Waals surface area contributed by atoms with Crippen molar-refractivity contribution in [3.8, 4) is 17.2 Å². The first kappa shape index (κ1) is 18.3. The standard InChI is InChI=1S/C19H17NO4S2/c1-3-24-15-8-7-12(9-16(15)23-2)10-17-18(22)20(19(25)26-17)13-5-4-6-14(21)11-13/h4-11,21H,3H2,1-2H3/b17-10-. The van der Waals surface area contributed by atoms with Gasteiger partial charge in [0.1, 0.15) is 5.75 Å². The highest BCUT2D eigenvalue weighted by molar-refractivity contribution is 8.27. The zero-order valence-corrected chi connectivity index (χ0v) is 15.9. The second kappa shape index (κ2) is 7.80. The van der Waals surface area contributed by atoms with Crippen LogP contribution in [0.5, 0.6) is 17.2 Å². The quantitative estimate of drug-likeness (QED) is 0.613. The topological polar surface area (TPSA) is 59.0 Å². The normalized spacial score (nSPS) is 15.6. The van der Waals surface area contributed by atoms with E-state index >= 15 is 0 Å². The number of carbonyl (C=O) groups is 1. The molecule has 1 heterocycles. The smallest absolute Gasteiger partial charge is 0.270 e. The fourth-order valence-electron chi connectivity index (χ4n) is 2.52. The Kier molecular flexibility index (Phi) is 5.49. The summed E-state index contributed by atoms with van der Waals surface area (Å²) in [5.74, 6) is 1.11. The molecule has 7 heteroatoms. The van der Waals surface area contributed by atoms with Crippen LogP contribution in [0.15, 0.2) is 47.4 Å². The van der Waals surface area contributed by atoms with Crippen molar-refractivity contribution < 1.29 is 19.4 Å². The van der Waals surface area contributed by atoms with E-state index in [2.05, 4.69) is 0 Å². The largest absolute Gasteiger partial charge is 0.508 e. The van der Waals surface area contributed by atoms with Crippen molar-refractivity contribution in [3.05, 3.63) is 52.9 Å². The van der Waals surface area contributed by atoms with Crippen LogP contribution < -0.4 is 14.4 Å². The predicted molar refractivity (Wildman–Crippen MR) is 108 cm³/mol. The van der Waals surface area contributed by atoms with Gasteiger partial charge >= 0.3 is 0 Å². The van der Waals surface area contributed by atoms with E-state index in [1.165, 1.54) is 22.7 Å². The van der Waals surface area contributed by atoms with Gasteiger partial charge in [0.2, 0.25) is 0 Å². The molecule has 1 amide bonds. The molecule has 0 aromatic heterocycles. The van der Waals surface area contributed by atoms with E-state index in [1.807, 2.05) is 25.1 Å². The zero-order valence-electron chi connectivity index (χ0n) is 14.3. The highest BCUT2D eigenvalue weighted by Crippen LogP contribution is 2.37. The summed E-state index contributed by atoms with van der Waals surface area (Å²) in [5.41, 5.74) is 1.35. The SMILES string of the molecule is CCOc1ccc(/C=C2\SC(=S)N(c3cccc(O)c3)C2=O)cc1OC. The lowest BCUT2D eigenvalue weighted by Crippen LogP contribution is -2.27. The molecule has 3 rings (SSSR count). The van der Waals surface area contributed by atoms with E-state index in [-0.39, 0.29) is 11.7 Å². The van der Waals surface area contributed by atoms with Crippen molar-refractivity contribution in [2.45, 2.75) is 6.92 Å². The molecule has 1 aliphatic rings. The van der Waals surface area contributed by atoms with E-state index in [0.29, 0.717) is 33.0 Å². The van der Waals surface area contributed by atoms with Crippen LogP contribution in [0, 0.1) is 0 Å². The van der Waals surface area contributed by atoms with Crippen molar-refractivity contribution in [1.82, 2.24) is 0 Å². The number of phenols is 1. The van der Waals surface area contributed by atoms with Crippen LogP contribution in [0.2, 0.25) is 0 Å². The number of aromatic hydroxyl groups is 1. The molecule has 134 valence electrons. The molecule has 5 nitrogen and oxygen atoms in total. The van der Waals surface area contributed by atoms with Gasteiger partial charge in [-0.25, -0.2) is 0 Å². The first-order valence-electron chi connectivity index (χ1n) is 7.91. The first-order valence-corrected chi connectivity index (χ1v) is 9.13. The number of anilines is 1. The highest BCUT2D eigenvalue weighted by Gasteiger charge is 2.33. The molecule has 2 aromatic carbocycles. The van der Waals surface area contributed by atoms with Crippen molar-refractivity contribution in [2.24, 2.45) is 0 Å². The summed E-state index contributed by atoms with van der Waals surface area (Å²) in [6, 6.07) is 11.9. The average Bonchev–Trinajstić information content (AvgIpc) is 2.90. The summed E-state index contributed by atoms with van der Waals surface area (Å²) in [6.45, 7) is 2.44. The van der Waals surface area contributed by atoms with Gasteiger partial charge in [0.25, 0.3) is 5.91 Å². The third-order valence-corrected chi connectivity index (χ3v) is 4.97. The molecule has 0 unspecified atom stereocenters. The number of carbonyl (C=O) groups excluding carboxylic acids is 1. The fraction of sp³-hybridized carbons (Fsp3) is 0.158. The number of benzene rings is 2. The molecule has 0 bridgehead atoms.